The lowest BCUT2D eigenvalue weighted by atomic mass is 9.99. The molecule has 5 heteroatoms. The smallest absolute Gasteiger partial charge is 0.334 e. The second-order valence-electron chi connectivity index (χ2n) is 6.88. The van der Waals surface area contributed by atoms with Gasteiger partial charge in [-0.05, 0) is 52.5 Å². The van der Waals surface area contributed by atoms with E-state index in [4.69, 9.17) is 15.1 Å². The molecular weight excluding hydrogens is 320 g/mol. The number of hydrogen-bond acceptors (Lipinski definition) is 5. The van der Waals surface area contributed by atoms with Crippen LogP contribution in [-0.2, 0) is 14.4 Å². The van der Waals surface area contributed by atoms with Crippen LogP contribution in [0.5, 0.6) is 0 Å². The Morgan fingerprint density at radius 1 is 1.40 bits per heavy atom. The first-order chi connectivity index (χ1) is 11.8. The van der Waals surface area contributed by atoms with E-state index in [1.165, 1.54) is 0 Å². The largest absolute Gasteiger partial charge is 0.454 e. The van der Waals surface area contributed by atoms with Crippen LogP contribution in [0.25, 0.3) is 0 Å². The summed E-state index contributed by atoms with van der Waals surface area (Å²) < 4.78 is 5.53. The van der Waals surface area contributed by atoms with Crippen molar-refractivity contribution >= 4 is 5.97 Å². The topological polar surface area (TPSA) is 76.0 Å². The van der Waals surface area contributed by atoms with Gasteiger partial charge in [0.2, 0.25) is 0 Å². The molecule has 0 saturated heterocycles. The van der Waals surface area contributed by atoms with Crippen molar-refractivity contribution in [1.29, 1.82) is 0 Å². The van der Waals surface area contributed by atoms with E-state index in [1.807, 2.05) is 19.9 Å². The van der Waals surface area contributed by atoms with Crippen LogP contribution in [0.4, 0.5) is 0 Å². The molecule has 2 N–H and O–H groups in total. The highest BCUT2D eigenvalue weighted by atomic mass is 17.1. The fourth-order valence-corrected chi connectivity index (χ4v) is 2.45. The summed E-state index contributed by atoms with van der Waals surface area (Å²) >= 11 is 0. The van der Waals surface area contributed by atoms with Gasteiger partial charge in [-0.2, -0.15) is 0 Å². The molecule has 1 aliphatic heterocycles. The van der Waals surface area contributed by atoms with Crippen LogP contribution in [0, 0.1) is 0 Å². The molecule has 0 radical (unpaired) electrons. The molecule has 1 heterocycles. The number of carbonyl (C=O) groups excluding carboxylic acids is 1. The zero-order chi connectivity index (χ0) is 18.9. The number of carbonyl (C=O) groups is 1. The number of aliphatic hydroxyl groups excluding tert-OH is 1. The van der Waals surface area contributed by atoms with Crippen LogP contribution < -0.4 is 0 Å². The van der Waals surface area contributed by atoms with Crippen molar-refractivity contribution in [2.45, 2.75) is 65.1 Å². The van der Waals surface area contributed by atoms with Gasteiger partial charge in [0.25, 0.3) is 0 Å². The molecule has 25 heavy (non-hydrogen) atoms. The molecule has 1 atom stereocenters. The number of rotatable bonds is 9. The van der Waals surface area contributed by atoms with E-state index >= 15 is 0 Å². The molecule has 140 valence electrons. The molecule has 0 amide bonds. The van der Waals surface area contributed by atoms with Crippen molar-refractivity contribution in [2.24, 2.45) is 0 Å². The number of aliphatic hydroxyl groups is 1. The van der Waals surface area contributed by atoms with Gasteiger partial charge in [0.05, 0.1) is 6.61 Å². The lowest BCUT2D eigenvalue weighted by Gasteiger charge is -2.23. The average molecular weight is 350 g/mol. The van der Waals surface area contributed by atoms with Gasteiger partial charge in [-0.3, -0.25) is 5.26 Å². The van der Waals surface area contributed by atoms with Crippen LogP contribution in [-0.4, -0.2) is 34.6 Å². The Morgan fingerprint density at radius 2 is 2.12 bits per heavy atom. The molecule has 0 unspecified atom stereocenters. The number of allylic oxidation sites excluding steroid dienone is 3. The van der Waals surface area contributed by atoms with Crippen LogP contribution in [0.2, 0.25) is 0 Å². The number of ether oxygens (including phenoxy) is 1. The highest BCUT2D eigenvalue weighted by Crippen LogP contribution is 2.23. The zero-order valence-corrected chi connectivity index (χ0v) is 15.6. The van der Waals surface area contributed by atoms with Crippen molar-refractivity contribution in [3.8, 4) is 0 Å². The summed E-state index contributed by atoms with van der Waals surface area (Å²) in [6, 6.07) is 0. The second-order valence-corrected chi connectivity index (χ2v) is 6.88. The molecular formula is C20H30O5. The van der Waals surface area contributed by atoms with Gasteiger partial charge in [0, 0.05) is 12.0 Å². The summed E-state index contributed by atoms with van der Waals surface area (Å²) in [7, 11) is 0. The van der Waals surface area contributed by atoms with Crippen molar-refractivity contribution in [1.82, 2.24) is 0 Å². The maximum Gasteiger partial charge on any atom is 0.334 e. The zero-order valence-electron chi connectivity index (χ0n) is 15.6. The molecule has 0 aromatic rings. The number of cyclic esters (lactones) is 1. The van der Waals surface area contributed by atoms with Gasteiger partial charge in [-0.25, -0.2) is 9.68 Å². The summed E-state index contributed by atoms with van der Waals surface area (Å²) in [5.74, 6) is -0.298. The fraction of sp³-hybridized carbons (Fsp3) is 0.550. The predicted octanol–water partition coefficient (Wildman–Crippen LogP) is 4.11. The van der Waals surface area contributed by atoms with Crippen LogP contribution in [0.1, 0.15) is 53.4 Å². The first-order valence-electron chi connectivity index (χ1n) is 8.62. The lowest BCUT2D eigenvalue weighted by Crippen LogP contribution is -2.24. The number of esters is 1. The molecule has 0 spiro atoms. The van der Waals surface area contributed by atoms with Crippen LogP contribution in [0.3, 0.4) is 0 Å². The Morgan fingerprint density at radius 3 is 2.72 bits per heavy atom. The second kappa shape index (κ2) is 10.3. The highest BCUT2D eigenvalue weighted by Gasteiger charge is 2.23. The lowest BCUT2D eigenvalue weighted by molar-refractivity contribution is -0.297. The van der Waals surface area contributed by atoms with Gasteiger partial charge < -0.3 is 9.84 Å². The van der Waals surface area contributed by atoms with Gasteiger partial charge >= 0.3 is 5.97 Å². The van der Waals surface area contributed by atoms with Crippen molar-refractivity contribution < 1.29 is 24.8 Å². The third-order valence-corrected chi connectivity index (χ3v) is 4.13. The molecule has 5 nitrogen and oxygen atoms in total. The van der Waals surface area contributed by atoms with E-state index in [-0.39, 0.29) is 18.7 Å². The fourth-order valence-electron chi connectivity index (χ4n) is 2.45. The maximum atomic E-state index is 12.1. The number of hydrogen-bond donors (Lipinski definition) is 2. The average Bonchev–Trinajstić information content (AvgIpc) is 2.56. The van der Waals surface area contributed by atoms with Gasteiger partial charge in [0.15, 0.2) is 0 Å². The molecule has 0 aromatic heterocycles. The van der Waals surface area contributed by atoms with Gasteiger partial charge in [0.1, 0.15) is 11.7 Å². The van der Waals surface area contributed by atoms with E-state index in [0.29, 0.717) is 18.4 Å². The molecule has 0 aliphatic carbocycles. The summed E-state index contributed by atoms with van der Waals surface area (Å²) in [5, 5.41) is 17.6. The van der Waals surface area contributed by atoms with Crippen LogP contribution >= 0.6 is 0 Å². The third kappa shape index (κ3) is 7.82. The van der Waals surface area contributed by atoms with Gasteiger partial charge in [-0.1, -0.05) is 36.0 Å². The Bertz CT molecular complexity index is 567. The molecule has 0 fully saturated rings. The molecule has 1 aliphatic rings. The van der Waals surface area contributed by atoms with E-state index < -0.39 is 5.60 Å². The van der Waals surface area contributed by atoms with E-state index in [9.17, 15) is 4.79 Å². The minimum Gasteiger partial charge on any atom is -0.454 e. The molecule has 1 rings (SSSR count). The Kier molecular flexibility index (Phi) is 8.83. The maximum absolute atomic E-state index is 12.1. The molecule has 0 saturated carbocycles. The summed E-state index contributed by atoms with van der Waals surface area (Å²) in [4.78, 5) is 16.5. The Hall–Kier alpha value is -1.69. The summed E-state index contributed by atoms with van der Waals surface area (Å²) in [5.41, 5.74) is 2.04. The van der Waals surface area contributed by atoms with Crippen molar-refractivity contribution in [2.75, 3.05) is 6.61 Å². The Balaban J connectivity index is 2.56. The minimum absolute atomic E-state index is 0.0679. The quantitative estimate of drug-likeness (QED) is 0.283. The normalized spacial score (nSPS) is 20.0. The van der Waals surface area contributed by atoms with Crippen molar-refractivity contribution in [3.63, 3.8) is 0 Å². The summed E-state index contributed by atoms with van der Waals surface area (Å²) in [6.45, 7) is 7.48. The van der Waals surface area contributed by atoms with Gasteiger partial charge in [-0.15, -0.1) is 0 Å². The van der Waals surface area contributed by atoms with E-state index in [1.54, 1.807) is 32.1 Å². The standard InChI is InChI=1S/C20H30O5/c1-15(12-14-21)7-5-8-16(2)18-11-10-17(19(22)24-18)9-6-13-20(3,4)25-23/h6,8,10,12-13,18,21,23H,5,7,9,11,14H2,1-4H3/b13-6+,15-12-,16-8+/t18-/m0/s1. The molecule has 0 bridgehead atoms. The van der Waals surface area contributed by atoms with Crippen LogP contribution in [0.15, 0.2) is 47.1 Å². The van der Waals surface area contributed by atoms with E-state index in [0.717, 1.165) is 24.0 Å². The first kappa shape index (κ1) is 21.4. The SMILES string of the molecule is C/C(=C/CO)CC/C=C(\C)[C@@H]1CC=C(C/C=C/C(C)(C)OO)C(=O)O1. The summed E-state index contributed by atoms with van der Waals surface area (Å²) in [6.07, 6.45) is 12.0. The molecule has 0 aromatic carbocycles. The minimum atomic E-state index is -0.774. The van der Waals surface area contributed by atoms with E-state index in [2.05, 4.69) is 11.0 Å². The Labute approximate surface area is 150 Å². The van der Waals surface area contributed by atoms with Crippen molar-refractivity contribution in [3.05, 3.63) is 47.1 Å². The first-order valence-corrected chi connectivity index (χ1v) is 8.62. The highest BCUT2D eigenvalue weighted by molar-refractivity contribution is 5.89. The monoisotopic (exact) mass is 350 g/mol. The third-order valence-electron chi connectivity index (χ3n) is 4.13. The predicted molar refractivity (Wildman–Crippen MR) is 98.0 cm³/mol.